The number of aromatic nitrogens is 2. The highest BCUT2D eigenvalue weighted by molar-refractivity contribution is 5.89. The van der Waals surface area contributed by atoms with Crippen LogP contribution < -0.4 is 10.6 Å². The van der Waals surface area contributed by atoms with E-state index in [1.54, 1.807) is 31.3 Å². The average molecular weight is 300 g/mol. The fourth-order valence-corrected chi connectivity index (χ4v) is 1.80. The molecule has 0 bridgehead atoms. The number of carbonyl (C=O) groups excluding carboxylic acids is 1. The first kappa shape index (κ1) is 15.8. The van der Waals surface area contributed by atoms with Crippen LogP contribution in [0, 0.1) is 0 Å². The van der Waals surface area contributed by atoms with Crippen molar-refractivity contribution in [2.24, 2.45) is 0 Å². The van der Waals surface area contributed by atoms with E-state index in [9.17, 15) is 4.79 Å². The standard InChI is InChI=1S/C16H20N4O2/c1-3-10-17-16-18-11-9-14(20-16)19-13-7-5-12(6-8-13)15(21)22-4-2/h5-9,11H,3-4,10H2,1-2H3,(H2,17,18,19,20). The lowest BCUT2D eigenvalue weighted by Gasteiger charge is -2.08. The number of benzene rings is 1. The molecule has 0 spiro atoms. The Labute approximate surface area is 129 Å². The summed E-state index contributed by atoms with van der Waals surface area (Å²) in [5, 5.41) is 6.31. The van der Waals surface area contributed by atoms with Crippen LogP contribution in [0.5, 0.6) is 0 Å². The van der Waals surface area contributed by atoms with Gasteiger partial charge in [0.05, 0.1) is 12.2 Å². The summed E-state index contributed by atoms with van der Waals surface area (Å²) in [5.74, 6) is 0.967. The minimum Gasteiger partial charge on any atom is -0.462 e. The lowest BCUT2D eigenvalue weighted by Crippen LogP contribution is -2.06. The molecule has 1 heterocycles. The van der Waals surface area contributed by atoms with Crippen molar-refractivity contribution in [2.45, 2.75) is 20.3 Å². The first-order chi connectivity index (χ1) is 10.7. The number of nitrogens with one attached hydrogen (secondary N) is 2. The first-order valence-electron chi connectivity index (χ1n) is 7.34. The molecule has 0 aliphatic rings. The highest BCUT2D eigenvalue weighted by Crippen LogP contribution is 2.16. The van der Waals surface area contributed by atoms with Crippen molar-refractivity contribution in [3.8, 4) is 0 Å². The summed E-state index contributed by atoms with van der Waals surface area (Å²) in [5.41, 5.74) is 1.37. The molecular weight excluding hydrogens is 280 g/mol. The normalized spacial score (nSPS) is 10.1. The third-order valence-electron chi connectivity index (χ3n) is 2.86. The summed E-state index contributed by atoms with van der Waals surface area (Å²) in [6, 6.07) is 8.85. The monoisotopic (exact) mass is 300 g/mol. The van der Waals surface area contributed by atoms with Gasteiger partial charge in [0.15, 0.2) is 0 Å². The lowest BCUT2D eigenvalue weighted by molar-refractivity contribution is 0.0526. The van der Waals surface area contributed by atoms with Crippen molar-refractivity contribution in [3.05, 3.63) is 42.1 Å². The zero-order valence-corrected chi connectivity index (χ0v) is 12.8. The van der Waals surface area contributed by atoms with Crippen molar-refractivity contribution in [1.82, 2.24) is 9.97 Å². The quantitative estimate of drug-likeness (QED) is 0.765. The smallest absolute Gasteiger partial charge is 0.338 e. The fourth-order valence-electron chi connectivity index (χ4n) is 1.80. The molecule has 0 atom stereocenters. The van der Waals surface area contributed by atoms with Crippen LogP contribution >= 0.6 is 0 Å². The molecule has 116 valence electrons. The van der Waals surface area contributed by atoms with Gasteiger partial charge in [-0.2, -0.15) is 4.98 Å². The zero-order valence-electron chi connectivity index (χ0n) is 12.8. The van der Waals surface area contributed by atoms with E-state index in [1.165, 1.54) is 0 Å². The Morgan fingerprint density at radius 1 is 1.18 bits per heavy atom. The van der Waals surface area contributed by atoms with E-state index in [1.807, 2.05) is 12.1 Å². The van der Waals surface area contributed by atoms with Gasteiger partial charge < -0.3 is 15.4 Å². The maximum absolute atomic E-state index is 11.6. The van der Waals surface area contributed by atoms with Gasteiger partial charge in [-0.25, -0.2) is 9.78 Å². The highest BCUT2D eigenvalue weighted by atomic mass is 16.5. The van der Waals surface area contributed by atoms with Crippen LogP contribution in [-0.2, 0) is 4.74 Å². The summed E-state index contributed by atoms with van der Waals surface area (Å²) in [6.07, 6.45) is 2.71. The molecule has 0 saturated heterocycles. The third kappa shape index (κ3) is 4.44. The second-order valence-electron chi connectivity index (χ2n) is 4.62. The van der Waals surface area contributed by atoms with Gasteiger partial charge >= 0.3 is 5.97 Å². The van der Waals surface area contributed by atoms with Gasteiger partial charge in [0.2, 0.25) is 5.95 Å². The van der Waals surface area contributed by atoms with E-state index in [0.717, 1.165) is 18.7 Å². The molecule has 22 heavy (non-hydrogen) atoms. The lowest BCUT2D eigenvalue weighted by atomic mass is 10.2. The highest BCUT2D eigenvalue weighted by Gasteiger charge is 2.06. The molecule has 2 aromatic rings. The number of carbonyl (C=O) groups is 1. The number of hydrogen-bond donors (Lipinski definition) is 2. The van der Waals surface area contributed by atoms with Crippen molar-refractivity contribution in [2.75, 3.05) is 23.8 Å². The van der Waals surface area contributed by atoms with Crippen LogP contribution in [0.2, 0.25) is 0 Å². The molecular formula is C16H20N4O2. The molecule has 2 N–H and O–H groups in total. The SMILES string of the molecule is CCCNc1nccc(Nc2ccc(C(=O)OCC)cc2)n1. The topological polar surface area (TPSA) is 76.1 Å². The van der Waals surface area contributed by atoms with Crippen molar-refractivity contribution in [3.63, 3.8) is 0 Å². The van der Waals surface area contributed by atoms with E-state index in [-0.39, 0.29) is 5.97 Å². The van der Waals surface area contributed by atoms with Gasteiger partial charge in [0.1, 0.15) is 5.82 Å². The molecule has 0 fully saturated rings. The van der Waals surface area contributed by atoms with Crippen LogP contribution in [-0.4, -0.2) is 29.1 Å². The van der Waals surface area contributed by atoms with Crippen LogP contribution in [0.4, 0.5) is 17.5 Å². The zero-order chi connectivity index (χ0) is 15.8. The predicted octanol–water partition coefficient (Wildman–Crippen LogP) is 3.22. The van der Waals surface area contributed by atoms with E-state index < -0.39 is 0 Å². The molecule has 6 nitrogen and oxygen atoms in total. The van der Waals surface area contributed by atoms with E-state index >= 15 is 0 Å². The fraction of sp³-hybridized carbons (Fsp3) is 0.312. The molecule has 0 aliphatic heterocycles. The summed E-state index contributed by atoms with van der Waals surface area (Å²) < 4.78 is 4.95. The maximum Gasteiger partial charge on any atom is 0.338 e. The Bertz CT molecular complexity index is 614. The minimum absolute atomic E-state index is 0.317. The van der Waals surface area contributed by atoms with Gasteiger partial charge in [0.25, 0.3) is 0 Å². The summed E-state index contributed by atoms with van der Waals surface area (Å²) in [6.45, 7) is 5.07. The van der Waals surface area contributed by atoms with Crippen LogP contribution in [0.15, 0.2) is 36.5 Å². The molecule has 0 saturated carbocycles. The molecule has 1 aromatic heterocycles. The van der Waals surface area contributed by atoms with Crippen LogP contribution in [0.25, 0.3) is 0 Å². The third-order valence-corrected chi connectivity index (χ3v) is 2.86. The molecule has 1 aromatic carbocycles. The minimum atomic E-state index is -0.317. The Morgan fingerprint density at radius 3 is 2.64 bits per heavy atom. The molecule has 0 unspecified atom stereocenters. The van der Waals surface area contributed by atoms with E-state index in [2.05, 4.69) is 27.5 Å². The van der Waals surface area contributed by atoms with Gasteiger partial charge in [0, 0.05) is 18.4 Å². The van der Waals surface area contributed by atoms with E-state index in [4.69, 9.17) is 4.74 Å². The Kier molecular flexibility index (Phi) is 5.71. The van der Waals surface area contributed by atoms with Crippen molar-refractivity contribution < 1.29 is 9.53 Å². The Hall–Kier alpha value is -2.63. The number of anilines is 3. The predicted molar refractivity (Wildman–Crippen MR) is 86.5 cm³/mol. The van der Waals surface area contributed by atoms with Crippen molar-refractivity contribution >= 4 is 23.4 Å². The first-order valence-corrected chi connectivity index (χ1v) is 7.34. The second kappa shape index (κ2) is 7.97. The van der Waals surface area contributed by atoms with Gasteiger partial charge in [-0.05, 0) is 43.7 Å². The second-order valence-corrected chi connectivity index (χ2v) is 4.62. The Balaban J connectivity index is 2.03. The molecule has 0 amide bonds. The number of ether oxygens (including phenoxy) is 1. The summed E-state index contributed by atoms with van der Waals surface area (Å²) in [4.78, 5) is 20.1. The molecule has 2 rings (SSSR count). The molecule has 0 radical (unpaired) electrons. The molecule has 6 heteroatoms. The summed E-state index contributed by atoms with van der Waals surface area (Å²) >= 11 is 0. The Morgan fingerprint density at radius 2 is 1.95 bits per heavy atom. The van der Waals surface area contributed by atoms with Crippen LogP contribution in [0.3, 0.4) is 0 Å². The van der Waals surface area contributed by atoms with E-state index in [0.29, 0.717) is 23.9 Å². The average Bonchev–Trinajstić information content (AvgIpc) is 2.54. The number of rotatable bonds is 7. The van der Waals surface area contributed by atoms with Crippen LogP contribution in [0.1, 0.15) is 30.6 Å². The largest absolute Gasteiger partial charge is 0.462 e. The number of hydrogen-bond acceptors (Lipinski definition) is 6. The maximum atomic E-state index is 11.6. The van der Waals surface area contributed by atoms with Crippen molar-refractivity contribution in [1.29, 1.82) is 0 Å². The molecule has 0 aliphatic carbocycles. The number of nitrogens with zero attached hydrogens (tertiary/aromatic N) is 2. The van der Waals surface area contributed by atoms with Gasteiger partial charge in [-0.15, -0.1) is 0 Å². The summed E-state index contributed by atoms with van der Waals surface area (Å²) in [7, 11) is 0. The number of esters is 1. The van der Waals surface area contributed by atoms with Gasteiger partial charge in [-0.3, -0.25) is 0 Å². The van der Waals surface area contributed by atoms with Gasteiger partial charge in [-0.1, -0.05) is 6.92 Å².